The van der Waals surface area contributed by atoms with Crippen molar-refractivity contribution in [2.45, 2.75) is 90.1 Å². The van der Waals surface area contributed by atoms with E-state index >= 15 is 4.39 Å². The Bertz CT molecular complexity index is 1830. The first kappa shape index (κ1) is 34.5. The monoisotopic (exact) mass is 662 g/mol. The number of amides is 1. The lowest BCUT2D eigenvalue weighted by atomic mass is 9.83. The summed E-state index contributed by atoms with van der Waals surface area (Å²) in [5, 5.41) is 9.35. The number of nitrogens with zero attached hydrogens (tertiary/aromatic N) is 3. The second kappa shape index (κ2) is 12.3. The van der Waals surface area contributed by atoms with Gasteiger partial charge in [0.15, 0.2) is 14.1 Å². The van der Waals surface area contributed by atoms with Gasteiger partial charge < -0.3 is 19.6 Å². The molecular weight excluding hydrogens is 619 g/mol. The number of rotatable bonds is 9. The van der Waals surface area contributed by atoms with Crippen molar-refractivity contribution in [1.29, 1.82) is 0 Å². The summed E-state index contributed by atoms with van der Waals surface area (Å²) in [7, 11) is -0.876. The molecule has 1 amide bonds. The third kappa shape index (κ3) is 6.53. The van der Waals surface area contributed by atoms with Crippen LogP contribution >= 0.6 is 0 Å². The first-order valence-electron chi connectivity index (χ1n) is 15.8. The van der Waals surface area contributed by atoms with Crippen LogP contribution in [-0.2, 0) is 26.8 Å². The summed E-state index contributed by atoms with van der Waals surface area (Å²) in [5.41, 5.74) is 7.23. The van der Waals surface area contributed by atoms with E-state index in [4.69, 9.17) is 24.6 Å². The summed E-state index contributed by atoms with van der Waals surface area (Å²) in [5.74, 6) is -1.19. The zero-order valence-corrected chi connectivity index (χ0v) is 29.7. The Balaban J connectivity index is 1.75. The van der Waals surface area contributed by atoms with Crippen molar-refractivity contribution in [3.63, 3.8) is 0 Å². The molecule has 5 rings (SSSR count). The van der Waals surface area contributed by atoms with Gasteiger partial charge in [0.05, 0.1) is 24.1 Å². The standard InChI is InChI=1S/C36H44F2N4O4Si/c1-21-26(25-17-23(33(39)43)18-28(44-7)32(25)42-41-21)20-36(15-10-16-45-36)29-19-27(35(5,6)46-47(8,9)34(2,3)4)30(38)31(40-29)22-11-13-24(37)14-12-22/h11-14,17-19H,10,15-16,20H2,1-9H3,(H2,39,43). The molecule has 2 aromatic heterocycles. The maximum Gasteiger partial charge on any atom is 0.248 e. The molecule has 0 spiro atoms. The van der Waals surface area contributed by atoms with Gasteiger partial charge >= 0.3 is 0 Å². The fourth-order valence-electron chi connectivity index (χ4n) is 6.10. The molecule has 1 atom stereocenters. The first-order valence-corrected chi connectivity index (χ1v) is 18.8. The number of carbonyl (C=O) groups is 1. The molecule has 1 fully saturated rings. The molecule has 4 aromatic rings. The van der Waals surface area contributed by atoms with Crippen LogP contribution in [0, 0.1) is 18.6 Å². The molecule has 2 aromatic carbocycles. The van der Waals surface area contributed by atoms with Crippen LogP contribution in [-0.4, -0.2) is 43.1 Å². The second-order valence-electron chi connectivity index (χ2n) is 14.4. The van der Waals surface area contributed by atoms with Crippen LogP contribution in [0.25, 0.3) is 22.2 Å². The predicted molar refractivity (Wildman–Crippen MR) is 181 cm³/mol. The van der Waals surface area contributed by atoms with Crippen LogP contribution in [0.4, 0.5) is 8.78 Å². The van der Waals surface area contributed by atoms with Crippen molar-refractivity contribution < 1.29 is 27.5 Å². The fourth-order valence-corrected chi connectivity index (χ4v) is 7.80. The van der Waals surface area contributed by atoms with Crippen molar-refractivity contribution in [3.8, 4) is 17.0 Å². The van der Waals surface area contributed by atoms with E-state index in [-0.39, 0.29) is 16.3 Å². The van der Waals surface area contributed by atoms with Crippen molar-refractivity contribution >= 4 is 25.1 Å². The smallest absolute Gasteiger partial charge is 0.248 e. The summed E-state index contributed by atoms with van der Waals surface area (Å²) in [6.07, 6.45) is 1.64. The number of hydrogen-bond donors (Lipinski definition) is 1. The predicted octanol–water partition coefficient (Wildman–Crippen LogP) is 7.89. The summed E-state index contributed by atoms with van der Waals surface area (Å²) < 4.78 is 49.8. The number of ether oxygens (including phenoxy) is 2. The number of fused-ring (bicyclic) bond motifs is 1. The third-order valence-electron chi connectivity index (χ3n) is 9.71. The van der Waals surface area contributed by atoms with Gasteiger partial charge in [-0.05, 0) is 99.8 Å². The summed E-state index contributed by atoms with van der Waals surface area (Å²) in [4.78, 5) is 17.2. The molecule has 0 radical (unpaired) electrons. The van der Waals surface area contributed by atoms with Crippen LogP contribution < -0.4 is 10.5 Å². The number of methoxy groups -OCH3 is 1. The van der Waals surface area contributed by atoms with E-state index in [0.717, 1.165) is 12.0 Å². The van der Waals surface area contributed by atoms with Crippen LogP contribution in [0.2, 0.25) is 18.1 Å². The number of carbonyl (C=O) groups excluding carboxylic acids is 1. The molecule has 0 aliphatic carbocycles. The lowest BCUT2D eigenvalue weighted by Gasteiger charge is -2.43. The second-order valence-corrected chi connectivity index (χ2v) is 19.1. The van der Waals surface area contributed by atoms with Gasteiger partial charge in [-0.2, -0.15) is 5.10 Å². The van der Waals surface area contributed by atoms with E-state index in [9.17, 15) is 9.18 Å². The molecular formula is C36H44F2N4O4Si. The average molecular weight is 663 g/mol. The molecule has 1 aliphatic rings. The Kier molecular flexibility index (Phi) is 9.06. The highest BCUT2D eigenvalue weighted by molar-refractivity contribution is 6.74. The van der Waals surface area contributed by atoms with Gasteiger partial charge in [-0.15, -0.1) is 5.10 Å². The molecule has 1 unspecified atom stereocenters. The number of primary amides is 1. The average Bonchev–Trinajstić information content (AvgIpc) is 3.47. The van der Waals surface area contributed by atoms with Crippen LogP contribution in [0.15, 0.2) is 42.5 Å². The minimum Gasteiger partial charge on any atom is -0.494 e. The molecule has 0 saturated carbocycles. The van der Waals surface area contributed by atoms with Crippen LogP contribution in [0.3, 0.4) is 0 Å². The van der Waals surface area contributed by atoms with Crippen molar-refractivity contribution in [1.82, 2.24) is 15.2 Å². The van der Waals surface area contributed by atoms with E-state index in [0.29, 0.717) is 58.6 Å². The highest BCUT2D eigenvalue weighted by Gasteiger charge is 2.45. The SMILES string of the molecule is COc1cc(C(N)=O)cc2c(CC3(c4cc(C(C)(C)O[Si](C)(C)C(C)(C)C)c(F)c(-c5ccc(F)cc5)n4)CCCO3)c(C)nnc12. The third-order valence-corrected chi connectivity index (χ3v) is 14.3. The highest BCUT2D eigenvalue weighted by atomic mass is 28.4. The lowest BCUT2D eigenvalue weighted by Crippen LogP contribution is -2.46. The quantitative estimate of drug-likeness (QED) is 0.182. The van der Waals surface area contributed by atoms with Crippen molar-refractivity contribution in [2.75, 3.05) is 13.7 Å². The van der Waals surface area contributed by atoms with E-state index in [1.165, 1.54) is 31.4 Å². The van der Waals surface area contributed by atoms with Gasteiger partial charge in [-0.25, -0.2) is 13.8 Å². The van der Waals surface area contributed by atoms with Gasteiger partial charge in [0.25, 0.3) is 0 Å². The van der Waals surface area contributed by atoms with E-state index in [2.05, 4.69) is 44.1 Å². The summed E-state index contributed by atoms with van der Waals surface area (Å²) in [6.45, 7) is 16.8. The van der Waals surface area contributed by atoms with Gasteiger partial charge in [0.1, 0.15) is 28.4 Å². The van der Waals surface area contributed by atoms with E-state index in [1.807, 2.05) is 20.8 Å². The number of aromatic nitrogens is 3. The minimum absolute atomic E-state index is 0.0893. The fraction of sp³-hybridized carbons (Fsp3) is 0.444. The largest absolute Gasteiger partial charge is 0.494 e. The summed E-state index contributed by atoms with van der Waals surface area (Å²) >= 11 is 0. The highest BCUT2D eigenvalue weighted by Crippen LogP contribution is 2.46. The topological polar surface area (TPSA) is 109 Å². The first-order chi connectivity index (χ1) is 21.9. The van der Waals surface area contributed by atoms with Gasteiger partial charge in [0.2, 0.25) is 5.91 Å². The molecule has 8 nitrogen and oxygen atoms in total. The Morgan fingerprint density at radius 1 is 1.06 bits per heavy atom. The molecule has 2 N–H and O–H groups in total. The van der Waals surface area contributed by atoms with Gasteiger partial charge in [0, 0.05) is 35.1 Å². The maximum absolute atomic E-state index is 16.8. The van der Waals surface area contributed by atoms with Crippen LogP contribution in [0.5, 0.6) is 5.75 Å². The molecule has 11 heteroatoms. The molecule has 3 heterocycles. The Labute approximate surface area is 276 Å². The Morgan fingerprint density at radius 3 is 2.32 bits per heavy atom. The number of aryl methyl sites for hydroxylation is 1. The van der Waals surface area contributed by atoms with E-state index in [1.54, 1.807) is 18.2 Å². The van der Waals surface area contributed by atoms with Crippen molar-refractivity contribution in [3.05, 3.63) is 82.2 Å². The van der Waals surface area contributed by atoms with Gasteiger partial charge in [-0.3, -0.25) is 4.79 Å². The molecule has 0 bridgehead atoms. The summed E-state index contributed by atoms with van der Waals surface area (Å²) in [6, 6.07) is 10.7. The molecule has 1 saturated heterocycles. The minimum atomic E-state index is -2.37. The number of nitrogens with two attached hydrogens (primary N) is 1. The van der Waals surface area contributed by atoms with Gasteiger partial charge in [-0.1, -0.05) is 20.8 Å². The number of halogens is 2. The number of hydrogen-bond acceptors (Lipinski definition) is 7. The zero-order chi connectivity index (χ0) is 34.5. The zero-order valence-electron chi connectivity index (χ0n) is 28.7. The Morgan fingerprint density at radius 2 is 1.74 bits per heavy atom. The van der Waals surface area contributed by atoms with E-state index < -0.39 is 37.1 Å². The van der Waals surface area contributed by atoms with Crippen LogP contribution in [0.1, 0.15) is 80.3 Å². The maximum atomic E-state index is 16.8. The Hall–Kier alpha value is -3.80. The lowest BCUT2D eigenvalue weighted by molar-refractivity contribution is -0.00365. The molecule has 47 heavy (non-hydrogen) atoms. The molecule has 250 valence electrons. The molecule has 1 aliphatic heterocycles. The normalized spacial score (nSPS) is 17.3. The number of pyridine rings is 1. The van der Waals surface area contributed by atoms with Crippen molar-refractivity contribution in [2.24, 2.45) is 5.73 Å². The number of benzene rings is 2.